The Balaban J connectivity index is 3.14. The second-order valence-electron chi connectivity index (χ2n) is 7.69. The molecule has 0 saturated heterocycles. The zero-order valence-corrected chi connectivity index (χ0v) is 16.7. The van der Waals surface area contributed by atoms with E-state index in [1.165, 1.54) is 96.3 Å². The van der Waals surface area contributed by atoms with Crippen LogP contribution in [0.5, 0.6) is 0 Å². The van der Waals surface area contributed by atoms with Crippen molar-refractivity contribution in [2.45, 2.75) is 142 Å². The minimum atomic E-state index is -0.128. The third-order valence-corrected chi connectivity index (χ3v) is 5.61. The highest BCUT2D eigenvalue weighted by Crippen LogP contribution is 2.22. The van der Waals surface area contributed by atoms with Gasteiger partial charge < -0.3 is 0 Å². The predicted molar refractivity (Wildman–Crippen MR) is 106 cm³/mol. The fourth-order valence-electron chi connectivity index (χ4n) is 3.44. The van der Waals surface area contributed by atoms with Crippen molar-refractivity contribution in [2.75, 3.05) is 0 Å². The van der Waals surface area contributed by atoms with Crippen molar-refractivity contribution >= 4 is 0 Å². The number of nitrogens with one attached hydrogen (secondary N) is 1. The van der Waals surface area contributed by atoms with Gasteiger partial charge in [-0.25, -0.2) is 0 Å². The molecule has 0 heterocycles. The van der Waals surface area contributed by atoms with Crippen LogP contribution in [0, 0.1) is 0 Å². The van der Waals surface area contributed by atoms with E-state index in [4.69, 9.17) is 5.73 Å². The lowest BCUT2D eigenvalue weighted by atomic mass is 9.88. The summed E-state index contributed by atoms with van der Waals surface area (Å²) < 4.78 is 0. The van der Waals surface area contributed by atoms with Crippen LogP contribution in [0.4, 0.5) is 0 Å². The third-order valence-electron chi connectivity index (χ3n) is 5.61. The van der Waals surface area contributed by atoms with E-state index in [1.54, 1.807) is 0 Å². The Morgan fingerprint density at radius 3 is 1.09 bits per heavy atom. The van der Waals surface area contributed by atoms with E-state index < -0.39 is 0 Å². The normalized spacial score (nSPS) is 12.0. The summed E-state index contributed by atoms with van der Waals surface area (Å²) in [5.74, 6) is 0. The minimum Gasteiger partial charge on any atom is -0.251 e. The molecule has 0 amide bonds. The maximum atomic E-state index is 8.29. The monoisotopic (exact) mass is 324 g/mol. The molecular weight excluding hydrogens is 278 g/mol. The molecule has 0 bridgehead atoms. The van der Waals surface area contributed by atoms with E-state index in [1.807, 2.05) is 0 Å². The van der Waals surface area contributed by atoms with E-state index in [9.17, 15) is 0 Å². The fourth-order valence-corrected chi connectivity index (χ4v) is 3.44. The lowest BCUT2D eigenvalue weighted by molar-refractivity contribution is 0.337. The van der Waals surface area contributed by atoms with Crippen LogP contribution < -0.4 is 5.73 Å². The molecule has 0 spiro atoms. The molecule has 0 aromatic carbocycles. The molecule has 1 nitrogen and oxygen atoms in total. The largest absolute Gasteiger partial charge is 0.251 e. The van der Waals surface area contributed by atoms with Gasteiger partial charge in [0.1, 0.15) is 0 Å². The zero-order valence-electron chi connectivity index (χ0n) is 16.7. The topological polar surface area (TPSA) is 23.8 Å². The quantitative estimate of drug-likeness (QED) is 0.227. The maximum Gasteiger partial charge on any atom is 0.0318 e. The molecule has 23 heavy (non-hydrogen) atoms. The SMILES string of the molecule is CCCCCCCCCCCCCCCCCC([NH])(CC)CC. The lowest BCUT2D eigenvalue weighted by Gasteiger charge is -2.25. The Morgan fingerprint density at radius 1 is 0.478 bits per heavy atom. The first-order valence-electron chi connectivity index (χ1n) is 10.9. The summed E-state index contributed by atoms with van der Waals surface area (Å²) in [6.07, 6.45) is 24.5. The van der Waals surface area contributed by atoms with Crippen molar-refractivity contribution in [1.82, 2.24) is 5.73 Å². The molecule has 139 valence electrons. The molecular formula is C22H46N. The number of rotatable bonds is 18. The van der Waals surface area contributed by atoms with E-state index in [2.05, 4.69) is 20.8 Å². The summed E-state index contributed by atoms with van der Waals surface area (Å²) >= 11 is 0. The van der Waals surface area contributed by atoms with Crippen molar-refractivity contribution < 1.29 is 0 Å². The standard InChI is InChI=1S/C22H46N/c1-4-7-8-9-10-11-12-13-14-15-16-17-18-19-20-21-22(23,5-2)6-3/h23H,4-21H2,1-3H3. The summed E-state index contributed by atoms with van der Waals surface area (Å²) in [5, 5.41) is 0. The van der Waals surface area contributed by atoms with Gasteiger partial charge in [-0.3, -0.25) is 5.73 Å². The van der Waals surface area contributed by atoms with Gasteiger partial charge in [-0.1, -0.05) is 117 Å². The van der Waals surface area contributed by atoms with Crippen LogP contribution in [0.1, 0.15) is 136 Å². The number of unbranched alkanes of at least 4 members (excludes halogenated alkanes) is 14. The van der Waals surface area contributed by atoms with Crippen molar-refractivity contribution in [1.29, 1.82) is 0 Å². The van der Waals surface area contributed by atoms with E-state index in [0.29, 0.717) is 0 Å². The van der Waals surface area contributed by atoms with Crippen molar-refractivity contribution in [3.63, 3.8) is 0 Å². The van der Waals surface area contributed by atoms with E-state index >= 15 is 0 Å². The first kappa shape index (κ1) is 23.0. The zero-order chi connectivity index (χ0) is 17.2. The molecule has 0 atom stereocenters. The molecule has 0 aliphatic rings. The first-order chi connectivity index (χ1) is 11.2. The molecule has 0 aromatic rings. The van der Waals surface area contributed by atoms with Crippen LogP contribution in [0.2, 0.25) is 0 Å². The number of hydrogen-bond donors (Lipinski definition) is 0. The van der Waals surface area contributed by atoms with Crippen LogP contribution >= 0.6 is 0 Å². The smallest absolute Gasteiger partial charge is 0.0318 e. The van der Waals surface area contributed by atoms with Gasteiger partial charge in [0.15, 0.2) is 0 Å². The average Bonchev–Trinajstić information content (AvgIpc) is 2.58. The molecule has 1 N–H and O–H groups in total. The van der Waals surface area contributed by atoms with E-state index in [-0.39, 0.29) is 5.54 Å². The average molecular weight is 325 g/mol. The summed E-state index contributed by atoms with van der Waals surface area (Å²) in [7, 11) is 0. The molecule has 0 saturated carbocycles. The molecule has 0 aliphatic carbocycles. The van der Waals surface area contributed by atoms with Crippen molar-refractivity contribution in [3.05, 3.63) is 0 Å². The minimum absolute atomic E-state index is 0.128. The van der Waals surface area contributed by atoms with Gasteiger partial charge >= 0.3 is 0 Å². The van der Waals surface area contributed by atoms with Crippen LogP contribution in [0.25, 0.3) is 0 Å². The highest BCUT2D eigenvalue weighted by molar-refractivity contribution is 4.79. The molecule has 0 fully saturated rings. The lowest BCUT2D eigenvalue weighted by Crippen LogP contribution is -2.28. The Morgan fingerprint density at radius 2 is 0.783 bits per heavy atom. The Labute approximate surface area is 148 Å². The Kier molecular flexibility index (Phi) is 16.8. The number of hydrogen-bond acceptors (Lipinski definition) is 0. The summed E-state index contributed by atoms with van der Waals surface area (Å²) in [6.45, 7) is 6.63. The van der Waals surface area contributed by atoms with Gasteiger partial charge in [-0.2, -0.15) is 0 Å². The van der Waals surface area contributed by atoms with Crippen LogP contribution in [-0.4, -0.2) is 5.54 Å². The van der Waals surface area contributed by atoms with Crippen LogP contribution in [0.3, 0.4) is 0 Å². The molecule has 1 radical (unpaired) electrons. The Bertz CT molecular complexity index is 220. The second kappa shape index (κ2) is 16.8. The predicted octanol–water partition coefficient (Wildman–Crippen LogP) is 8.09. The summed E-state index contributed by atoms with van der Waals surface area (Å²) in [4.78, 5) is 0. The van der Waals surface area contributed by atoms with Gasteiger partial charge in [0, 0.05) is 5.54 Å². The molecule has 0 aromatic heterocycles. The fraction of sp³-hybridized carbons (Fsp3) is 1.00. The first-order valence-corrected chi connectivity index (χ1v) is 10.9. The van der Waals surface area contributed by atoms with Gasteiger partial charge in [0.05, 0.1) is 0 Å². The highest BCUT2D eigenvalue weighted by Gasteiger charge is 2.19. The molecule has 0 aliphatic heterocycles. The molecule has 1 heteroatoms. The van der Waals surface area contributed by atoms with Gasteiger partial charge in [-0.15, -0.1) is 0 Å². The third kappa shape index (κ3) is 15.2. The van der Waals surface area contributed by atoms with Gasteiger partial charge in [0.2, 0.25) is 0 Å². The maximum absolute atomic E-state index is 8.29. The Hall–Kier alpha value is -0.0400. The summed E-state index contributed by atoms with van der Waals surface area (Å²) in [6, 6.07) is 0. The van der Waals surface area contributed by atoms with Gasteiger partial charge in [0.25, 0.3) is 0 Å². The van der Waals surface area contributed by atoms with Crippen molar-refractivity contribution in [2.24, 2.45) is 0 Å². The van der Waals surface area contributed by atoms with Crippen LogP contribution in [0.15, 0.2) is 0 Å². The highest BCUT2D eigenvalue weighted by atomic mass is 14.7. The molecule has 0 unspecified atom stereocenters. The summed E-state index contributed by atoms with van der Waals surface area (Å²) in [5.41, 5.74) is 8.16. The van der Waals surface area contributed by atoms with Crippen LogP contribution in [-0.2, 0) is 0 Å². The van der Waals surface area contributed by atoms with E-state index in [0.717, 1.165) is 19.3 Å². The molecule has 0 rings (SSSR count). The van der Waals surface area contributed by atoms with Gasteiger partial charge in [-0.05, 0) is 19.3 Å². The second-order valence-corrected chi connectivity index (χ2v) is 7.69. The van der Waals surface area contributed by atoms with Crippen molar-refractivity contribution in [3.8, 4) is 0 Å².